The second-order valence-electron chi connectivity index (χ2n) is 4.96. The first-order valence-electron chi connectivity index (χ1n) is 6.34. The highest BCUT2D eigenvalue weighted by Crippen LogP contribution is 2.27. The molecule has 1 aliphatic rings. The molecule has 90 valence electrons. The van der Waals surface area contributed by atoms with Crippen molar-refractivity contribution in [3.05, 3.63) is 0 Å². The molecule has 1 rings (SSSR count). The van der Waals surface area contributed by atoms with Crippen molar-refractivity contribution in [2.45, 2.75) is 46.0 Å². The van der Waals surface area contributed by atoms with E-state index in [2.05, 4.69) is 12.2 Å². The molecule has 1 N–H and O–H groups in total. The van der Waals surface area contributed by atoms with Gasteiger partial charge in [-0.25, -0.2) is 0 Å². The number of carbonyl (C=O) groups is 1. The zero-order valence-electron chi connectivity index (χ0n) is 10.3. The maximum Gasteiger partial charge on any atom is 0.237 e. The number of rotatable bonds is 4. The van der Waals surface area contributed by atoms with Crippen LogP contribution in [0, 0.1) is 29.1 Å². The lowest BCUT2D eigenvalue weighted by Gasteiger charge is -2.26. The Hall–Kier alpha value is -1.04. The van der Waals surface area contributed by atoms with Gasteiger partial charge in [0.05, 0.1) is 6.07 Å². The topological polar surface area (TPSA) is 52.9 Å². The van der Waals surface area contributed by atoms with E-state index in [0.29, 0.717) is 12.3 Å². The van der Waals surface area contributed by atoms with Crippen LogP contribution in [0.25, 0.3) is 0 Å². The van der Waals surface area contributed by atoms with Crippen molar-refractivity contribution in [2.75, 3.05) is 6.54 Å². The number of hydrogen-bond donors (Lipinski definition) is 1. The van der Waals surface area contributed by atoms with E-state index in [4.69, 9.17) is 5.26 Å². The molecule has 0 spiro atoms. The van der Waals surface area contributed by atoms with Gasteiger partial charge < -0.3 is 5.32 Å². The fourth-order valence-electron chi connectivity index (χ4n) is 2.24. The number of nitriles is 1. The maximum absolute atomic E-state index is 11.6. The molecular weight excluding hydrogens is 200 g/mol. The predicted octanol–water partition coefficient (Wildman–Crippen LogP) is 2.48. The van der Waals surface area contributed by atoms with Crippen LogP contribution in [0.2, 0.25) is 0 Å². The molecule has 3 heteroatoms. The van der Waals surface area contributed by atoms with Crippen LogP contribution < -0.4 is 5.32 Å². The lowest BCUT2D eigenvalue weighted by molar-refractivity contribution is -0.123. The lowest BCUT2D eigenvalue weighted by atomic mass is 9.83. The summed E-state index contributed by atoms with van der Waals surface area (Å²) in [5, 5.41) is 11.7. The van der Waals surface area contributed by atoms with Crippen molar-refractivity contribution in [1.82, 2.24) is 5.32 Å². The summed E-state index contributed by atoms with van der Waals surface area (Å²) < 4.78 is 0. The largest absolute Gasteiger partial charge is 0.355 e. The van der Waals surface area contributed by atoms with Gasteiger partial charge >= 0.3 is 0 Å². The van der Waals surface area contributed by atoms with Crippen molar-refractivity contribution in [3.8, 4) is 6.07 Å². The second kappa shape index (κ2) is 6.52. The van der Waals surface area contributed by atoms with E-state index in [1.165, 1.54) is 25.7 Å². The highest BCUT2D eigenvalue weighted by molar-refractivity contribution is 5.80. The zero-order chi connectivity index (χ0) is 12.0. The summed E-state index contributed by atoms with van der Waals surface area (Å²) in [5.41, 5.74) is 0. The number of nitrogens with zero attached hydrogens (tertiary/aromatic N) is 1. The summed E-state index contributed by atoms with van der Waals surface area (Å²) in [6.07, 6.45) is 5.58. The van der Waals surface area contributed by atoms with Gasteiger partial charge in [0, 0.05) is 6.54 Å². The van der Waals surface area contributed by atoms with E-state index in [-0.39, 0.29) is 5.91 Å². The van der Waals surface area contributed by atoms with Crippen LogP contribution >= 0.6 is 0 Å². The van der Waals surface area contributed by atoms with Crippen molar-refractivity contribution in [3.63, 3.8) is 0 Å². The fraction of sp³-hybridized carbons (Fsp3) is 0.846. The Morgan fingerprint density at radius 3 is 2.56 bits per heavy atom. The van der Waals surface area contributed by atoms with E-state index >= 15 is 0 Å². The van der Waals surface area contributed by atoms with E-state index < -0.39 is 5.92 Å². The van der Waals surface area contributed by atoms with Crippen LogP contribution in [0.4, 0.5) is 0 Å². The van der Waals surface area contributed by atoms with Crippen LogP contribution in [-0.2, 0) is 4.79 Å². The van der Waals surface area contributed by atoms with Crippen LogP contribution in [0.5, 0.6) is 0 Å². The molecule has 1 fully saturated rings. The lowest BCUT2D eigenvalue weighted by Crippen LogP contribution is -2.34. The van der Waals surface area contributed by atoms with E-state index in [1.807, 2.05) is 13.0 Å². The van der Waals surface area contributed by atoms with Gasteiger partial charge in [0.2, 0.25) is 5.91 Å². The summed E-state index contributed by atoms with van der Waals surface area (Å²) in [6, 6.07) is 2.03. The average molecular weight is 222 g/mol. The highest BCUT2D eigenvalue weighted by atomic mass is 16.1. The van der Waals surface area contributed by atoms with E-state index in [9.17, 15) is 4.79 Å². The first-order valence-corrected chi connectivity index (χ1v) is 6.34. The molecule has 0 bridgehead atoms. The van der Waals surface area contributed by atoms with Gasteiger partial charge in [0.1, 0.15) is 5.92 Å². The second-order valence-corrected chi connectivity index (χ2v) is 4.96. The smallest absolute Gasteiger partial charge is 0.237 e. The average Bonchev–Trinajstić information content (AvgIpc) is 2.30. The minimum absolute atomic E-state index is 0.0939. The molecule has 1 aliphatic carbocycles. The molecule has 0 radical (unpaired) electrons. The van der Waals surface area contributed by atoms with E-state index in [0.717, 1.165) is 12.5 Å². The summed E-state index contributed by atoms with van der Waals surface area (Å²) >= 11 is 0. The van der Waals surface area contributed by atoms with Crippen LogP contribution in [0.3, 0.4) is 0 Å². The fourth-order valence-corrected chi connectivity index (χ4v) is 2.24. The highest BCUT2D eigenvalue weighted by Gasteiger charge is 2.20. The first-order chi connectivity index (χ1) is 7.67. The molecule has 0 heterocycles. The Morgan fingerprint density at radius 2 is 2.06 bits per heavy atom. The first kappa shape index (κ1) is 13.0. The third kappa shape index (κ3) is 3.84. The summed E-state index contributed by atoms with van der Waals surface area (Å²) in [4.78, 5) is 11.6. The molecule has 0 aromatic heterocycles. The number of carbonyl (C=O) groups excluding carboxylic acids is 1. The molecule has 0 aromatic carbocycles. The van der Waals surface area contributed by atoms with E-state index in [1.54, 1.807) is 0 Å². The van der Waals surface area contributed by atoms with Crippen LogP contribution in [0.1, 0.15) is 46.0 Å². The third-order valence-electron chi connectivity index (χ3n) is 3.58. The quantitative estimate of drug-likeness (QED) is 0.794. The van der Waals surface area contributed by atoms with Gasteiger partial charge in [0.15, 0.2) is 0 Å². The van der Waals surface area contributed by atoms with Crippen LogP contribution in [-0.4, -0.2) is 12.5 Å². The minimum Gasteiger partial charge on any atom is -0.355 e. The van der Waals surface area contributed by atoms with Crippen LogP contribution in [0.15, 0.2) is 0 Å². The van der Waals surface area contributed by atoms with Crippen molar-refractivity contribution >= 4 is 5.91 Å². The monoisotopic (exact) mass is 222 g/mol. The summed E-state index contributed by atoms with van der Waals surface area (Å²) in [5.74, 6) is 0.900. The normalized spacial score (nSPS) is 26.8. The van der Waals surface area contributed by atoms with Gasteiger partial charge in [-0.1, -0.05) is 26.7 Å². The zero-order valence-corrected chi connectivity index (χ0v) is 10.3. The Balaban J connectivity index is 2.24. The SMILES string of the molecule is CCC(C#N)C(=O)NCC1CCC(C)CC1. The van der Waals surface area contributed by atoms with Gasteiger partial charge in [-0.2, -0.15) is 5.26 Å². The number of hydrogen-bond acceptors (Lipinski definition) is 2. The van der Waals surface area contributed by atoms with Gasteiger partial charge in [0.25, 0.3) is 0 Å². The maximum atomic E-state index is 11.6. The Morgan fingerprint density at radius 1 is 1.44 bits per heavy atom. The standard InChI is InChI=1S/C13H22N2O/c1-3-12(8-14)13(16)15-9-11-6-4-10(2)5-7-11/h10-12H,3-7,9H2,1-2H3,(H,15,16). The molecule has 0 aliphatic heterocycles. The van der Waals surface area contributed by atoms with Crippen molar-refractivity contribution < 1.29 is 4.79 Å². The molecule has 1 unspecified atom stereocenters. The van der Waals surface area contributed by atoms with Gasteiger partial charge in [-0.05, 0) is 31.1 Å². The Labute approximate surface area is 98.2 Å². The molecule has 0 aromatic rings. The molecule has 1 amide bonds. The molecule has 0 saturated heterocycles. The molecule has 16 heavy (non-hydrogen) atoms. The molecular formula is C13H22N2O. The number of amides is 1. The van der Waals surface area contributed by atoms with Crippen molar-refractivity contribution in [2.24, 2.45) is 17.8 Å². The molecule has 1 saturated carbocycles. The number of nitrogens with one attached hydrogen (secondary N) is 1. The summed E-state index contributed by atoms with van der Waals surface area (Å²) in [7, 11) is 0. The van der Waals surface area contributed by atoms with Gasteiger partial charge in [-0.3, -0.25) is 4.79 Å². The Kier molecular flexibility index (Phi) is 5.31. The third-order valence-corrected chi connectivity index (χ3v) is 3.58. The van der Waals surface area contributed by atoms with Crippen molar-refractivity contribution in [1.29, 1.82) is 5.26 Å². The van der Waals surface area contributed by atoms with Gasteiger partial charge in [-0.15, -0.1) is 0 Å². The summed E-state index contributed by atoms with van der Waals surface area (Å²) in [6.45, 7) is 4.91. The minimum atomic E-state index is -0.470. The molecule has 3 nitrogen and oxygen atoms in total. The predicted molar refractivity (Wildman–Crippen MR) is 63.5 cm³/mol. The Bertz CT molecular complexity index is 262. The molecule has 1 atom stereocenters.